The van der Waals surface area contributed by atoms with Crippen LogP contribution in [0.4, 0.5) is 13.2 Å². The van der Waals surface area contributed by atoms with Crippen LogP contribution >= 0.6 is 0 Å². The molecule has 0 fully saturated rings. The van der Waals surface area contributed by atoms with Crippen molar-refractivity contribution in [2.75, 3.05) is 14.1 Å². The van der Waals surface area contributed by atoms with Crippen molar-refractivity contribution < 1.29 is 13.2 Å². The van der Waals surface area contributed by atoms with Gasteiger partial charge in [0.15, 0.2) is 0 Å². The molecule has 0 aromatic heterocycles. The predicted molar refractivity (Wildman–Crippen MR) is 48.8 cm³/mol. The summed E-state index contributed by atoms with van der Waals surface area (Å²) in [6.07, 6.45) is -4.26. The van der Waals surface area contributed by atoms with E-state index in [-0.39, 0.29) is 0 Å². The average Bonchev–Trinajstić information content (AvgIpc) is 2.01. The molecule has 0 atom stereocenters. The third-order valence-corrected chi connectivity index (χ3v) is 1.81. The SMILES string of the molecule is CN(C)Cc1ccccc1C(F)(F)F. The van der Waals surface area contributed by atoms with Gasteiger partial charge in [-0.1, -0.05) is 18.2 Å². The highest BCUT2D eigenvalue weighted by molar-refractivity contribution is 5.29. The largest absolute Gasteiger partial charge is 0.416 e. The van der Waals surface area contributed by atoms with Crippen LogP contribution in [0.1, 0.15) is 11.1 Å². The van der Waals surface area contributed by atoms with Crippen LogP contribution in [0.3, 0.4) is 0 Å². The molecule has 1 aromatic rings. The Morgan fingerprint density at radius 2 is 1.71 bits per heavy atom. The summed E-state index contributed by atoms with van der Waals surface area (Å²) in [4.78, 5) is 1.71. The Hall–Kier alpha value is -1.03. The number of benzene rings is 1. The number of nitrogens with zero attached hydrogens (tertiary/aromatic N) is 1. The standard InChI is InChI=1S/C10H12F3N/c1-14(2)7-8-5-3-4-6-9(8)10(11,12)13/h3-6H,7H2,1-2H3. The second-order valence-electron chi connectivity index (χ2n) is 3.39. The van der Waals surface area contributed by atoms with Gasteiger partial charge in [0.2, 0.25) is 0 Å². The molecule has 0 radical (unpaired) electrons. The molecule has 0 bridgehead atoms. The van der Waals surface area contributed by atoms with Gasteiger partial charge in [0.05, 0.1) is 5.56 Å². The van der Waals surface area contributed by atoms with E-state index in [4.69, 9.17) is 0 Å². The molecule has 0 spiro atoms. The lowest BCUT2D eigenvalue weighted by molar-refractivity contribution is -0.138. The van der Waals surface area contributed by atoms with E-state index in [1.807, 2.05) is 0 Å². The van der Waals surface area contributed by atoms with Crippen molar-refractivity contribution in [1.29, 1.82) is 0 Å². The van der Waals surface area contributed by atoms with Crippen LogP contribution < -0.4 is 0 Å². The highest BCUT2D eigenvalue weighted by Crippen LogP contribution is 2.32. The lowest BCUT2D eigenvalue weighted by atomic mass is 10.1. The number of hydrogen-bond donors (Lipinski definition) is 0. The van der Waals surface area contributed by atoms with Crippen LogP contribution in [-0.2, 0) is 12.7 Å². The monoisotopic (exact) mass is 203 g/mol. The van der Waals surface area contributed by atoms with Gasteiger partial charge in [-0.05, 0) is 25.7 Å². The lowest BCUT2D eigenvalue weighted by Crippen LogP contribution is -2.16. The second kappa shape index (κ2) is 4.00. The quantitative estimate of drug-likeness (QED) is 0.714. The molecule has 0 aliphatic rings. The van der Waals surface area contributed by atoms with Crippen LogP contribution in [-0.4, -0.2) is 19.0 Å². The predicted octanol–water partition coefficient (Wildman–Crippen LogP) is 2.77. The summed E-state index contributed by atoms with van der Waals surface area (Å²) in [5, 5.41) is 0. The molecule has 1 aromatic carbocycles. The maximum absolute atomic E-state index is 12.5. The van der Waals surface area contributed by atoms with Gasteiger partial charge in [-0.3, -0.25) is 0 Å². The highest BCUT2D eigenvalue weighted by atomic mass is 19.4. The van der Waals surface area contributed by atoms with Crippen molar-refractivity contribution >= 4 is 0 Å². The van der Waals surface area contributed by atoms with Gasteiger partial charge in [0, 0.05) is 6.54 Å². The lowest BCUT2D eigenvalue weighted by Gasteiger charge is -2.15. The first-order chi connectivity index (χ1) is 6.41. The molecular formula is C10H12F3N. The molecule has 0 unspecified atom stereocenters. The summed E-state index contributed by atoms with van der Waals surface area (Å²) in [6.45, 7) is 0.301. The normalized spacial score (nSPS) is 12.1. The minimum atomic E-state index is -4.26. The van der Waals surface area contributed by atoms with Crippen molar-refractivity contribution in [2.45, 2.75) is 12.7 Å². The van der Waals surface area contributed by atoms with Crippen molar-refractivity contribution in [2.24, 2.45) is 0 Å². The number of alkyl halides is 3. The highest BCUT2D eigenvalue weighted by Gasteiger charge is 2.32. The molecule has 0 saturated carbocycles. The van der Waals surface area contributed by atoms with E-state index < -0.39 is 11.7 Å². The Morgan fingerprint density at radius 3 is 2.21 bits per heavy atom. The molecule has 0 saturated heterocycles. The number of halogens is 3. The molecule has 0 heterocycles. The van der Waals surface area contributed by atoms with Gasteiger partial charge in [-0.2, -0.15) is 13.2 Å². The molecule has 14 heavy (non-hydrogen) atoms. The fourth-order valence-electron chi connectivity index (χ4n) is 1.28. The summed E-state index contributed by atoms with van der Waals surface area (Å²) in [5.74, 6) is 0. The maximum Gasteiger partial charge on any atom is 0.416 e. The molecular weight excluding hydrogens is 191 g/mol. The van der Waals surface area contributed by atoms with Crippen molar-refractivity contribution in [1.82, 2.24) is 4.90 Å². The Morgan fingerprint density at radius 1 is 1.14 bits per heavy atom. The van der Waals surface area contributed by atoms with E-state index in [0.29, 0.717) is 12.1 Å². The first-order valence-electron chi connectivity index (χ1n) is 4.21. The minimum Gasteiger partial charge on any atom is -0.305 e. The van der Waals surface area contributed by atoms with E-state index in [9.17, 15) is 13.2 Å². The Balaban J connectivity index is 3.04. The van der Waals surface area contributed by atoms with Gasteiger partial charge in [0.25, 0.3) is 0 Å². The summed E-state index contributed by atoms with van der Waals surface area (Å²) < 4.78 is 37.4. The molecule has 0 amide bonds. The zero-order valence-electron chi connectivity index (χ0n) is 8.10. The summed E-state index contributed by atoms with van der Waals surface area (Å²) in [6, 6.07) is 5.64. The zero-order chi connectivity index (χ0) is 10.8. The van der Waals surface area contributed by atoms with E-state index in [1.54, 1.807) is 25.1 Å². The fraction of sp³-hybridized carbons (Fsp3) is 0.400. The third kappa shape index (κ3) is 2.73. The number of hydrogen-bond acceptors (Lipinski definition) is 1. The van der Waals surface area contributed by atoms with Gasteiger partial charge in [-0.25, -0.2) is 0 Å². The Bertz CT molecular complexity index is 304. The van der Waals surface area contributed by atoms with Crippen LogP contribution in [0.2, 0.25) is 0 Å². The van der Waals surface area contributed by atoms with Crippen LogP contribution in [0.15, 0.2) is 24.3 Å². The Labute approximate surface area is 81.1 Å². The van der Waals surface area contributed by atoms with Crippen LogP contribution in [0, 0.1) is 0 Å². The fourth-order valence-corrected chi connectivity index (χ4v) is 1.28. The first kappa shape index (κ1) is 11.0. The maximum atomic E-state index is 12.5. The molecule has 78 valence electrons. The van der Waals surface area contributed by atoms with Gasteiger partial charge in [0.1, 0.15) is 0 Å². The molecule has 1 nitrogen and oxygen atoms in total. The van der Waals surface area contributed by atoms with Crippen LogP contribution in [0.5, 0.6) is 0 Å². The summed E-state index contributed by atoms with van der Waals surface area (Å²) >= 11 is 0. The van der Waals surface area contributed by atoms with E-state index >= 15 is 0 Å². The first-order valence-corrected chi connectivity index (χ1v) is 4.21. The van der Waals surface area contributed by atoms with Gasteiger partial charge >= 0.3 is 6.18 Å². The van der Waals surface area contributed by atoms with E-state index in [0.717, 1.165) is 6.07 Å². The number of rotatable bonds is 2. The zero-order valence-corrected chi connectivity index (χ0v) is 8.10. The average molecular weight is 203 g/mol. The molecule has 4 heteroatoms. The van der Waals surface area contributed by atoms with Crippen molar-refractivity contribution in [3.8, 4) is 0 Å². The van der Waals surface area contributed by atoms with Gasteiger partial charge in [-0.15, -0.1) is 0 Å². The topological polar surface area (TPSA) is 3.24 Å². The van der Waals surface area contributed by atoms with Crippen molar-refractivity contribution in [3.63, 3.8) is 0 Å². The minimum absolute atomic E-state index is 0.301. The molecule has 1 rings (SSSR count). The third-order valence-electron chi connectivity index (χ3n) is 1.81. The molecule has 0 N–H and O–H groups in total. The van der Waals surface area contributed by atoms with E-state index in [2.05, 4.69) is 0 Å². The van der Waals surface area contributed by atoms with Gasteiger partial charge < -0.3 is 4.90 Å². The van der Waals surface area contributed by atoms with Crippen molar-refractivity contribution in [3.05, 3.63) is 35.4 Å². The van der Waals surface area contributed by atoms with E-state index in [1.165, 1.54) is 12.1 Å². The second-order valence-corrected chi connectivity index (χ2v) is 3.39. The Kier molecular flexibility index (Phi) is 3.16. The molecule has 0 aliphatic carbocycles. The molecule has 0 aliphatic heterocycles. The summed E-state index contributed by atoms with van der Waals surface area (Å²) in [7, 11) is 3.49. The smallest absolute Gasteiger partial charge is 0.305 e. The summed E-state index contributed by atoms with van der Waals surface area (Å²) in [5.41, 5.74) is -0.237. The van der Waals surface area contributed by atoms with Crippen LogP contribution in [0.25, 0.3) is 0 Å².